The molecule has 1 spiro atoms. The van der Waals surface area contributed by atoms with Gasteiger partial charge in [0.15, 0.2) is 23.4 Å². The summed E-state index contributed by atoms with van der Waals surface area (Å²) in [4.78, 5) is 29.6. The molecular weight excluding hydrogens is 422 g/mol. The lowest BCUT2D eigenvalue weighted by Crippen LogP contribution is -2.74. The average Bonchev–Trinajstić information content (AvgIpc) is 3.53. The lowest BCUT2D eigenvalue weighted by Gasteiger charge is -2.59. The van der Waals surface area contributed by atoms with Crippen LogP contribution in [0.25, 0.3) is 0 Å². The third-order valence-corrected chi connectivity index (χ3v) is 8.47. The number of nitrogens with two attached hydrogens (primary N) is 1. The summed E-state index contributed by atoms with van der Waals surface area (Å²) in [5, 5.41) is 12.3. The van der Waals surface area contributed by atoms with Gasteiger partial charge in [-0.1, -0.05) is 6.07 Å². The smallest absolute Gasteiger partial charge is 0.415 e. The van der Waals surface area contributed by atoms with Crippen LogP contribution >= 0.6 is 0 Å². The normalized spacial score (nSPS) is 33.1. The van der Waals surface area contributed by atoms with Crippen LogP contribution in [0, 0.1) is 12.8 Å². The van der Waals surface area contributed by atoms with Crippen molar-refractivity contribution in [2.45, 2.75) is 69.1 Å². The van der Waals surface area contributed by atoms with Crippen molar-refractivity contribution in [2.75, 3.05) is 33.2 Å². The second-order valence-electron chi connectivity index (χ2n) is 10.4. The Morgan fingerprint density at radius 2 is 2.12 bits per heavy atom. The average molecular weight is 458 g/mol. The Hall–Kier alpha value is -2.16. The number of ketones is 1. The van der Waals surface area contributed by atoms with Crippen molar-refractivity contribution in [1.29, 1.82) is 0 Å². The second-order valence-corrected chi connectivity index (χ2v) is 10.4. The van der Waals surface area contributed by atoms with Crippen LogP contribution in [0.4, 0.5) is 4.79 Å². The van der Waals surface area contributed by atoms with Crippen molar-refractivity contribution >= 4 is 11.9 Å². The Bertz CT molecular complexity index is 979. The molecule has 1 aromatic carbocycles. The van der Waals surface area contributed by atoms with E-state index < -0.39 is 23.2 Å². The van der Waals surface area contributed by atoms with Gasteiger partial charge in [0.2, 0.25) is 0 Å². The standard InChI is InChI=1S/C25H35N3O5/c1-15-4-7-19(32-23(30)27(3)13-11-26)21-20(15)24-10-12-28(14-17-5-6-17)16(2)25(24,31)9-8-18(29)22(24)33-21/h4,7,16-17,22,31H,5-6,8-14,26H2,1-3H3/t16-,22+,24+,25-/m1/s1. The first kappa shape index (κ1) is 22.6. The van der Waals surface area contributed by atoms with Crippen molar-refractivity contribution in [3.05, 3.63) is 23.3 Å². The van der Waals surface area contributed by atoms with E-state index in [-0.39, 0.29) is 24.0 Å². The monoisotopic (exact) mass is 457 g/mol. The van der Waals surface area contributed by atoms with Crippen molar-refractivity contribution < 1.29 is 24.2 Å². The van der Waals surface area contributed by atoms with Gasteiger partial charge in [-0.15, -0.1) is 0 Å². The number of benzene rings is 1. The highest BCUT2D eigenvalue weighted by Crippen LogP contribution is 2.62. The number of Topliss-reactive ketones (excluding diaryl/α,β-unsaturated/α-hetero) is 1. The fourth-order valence-electron chi connectivity index (χ4n) is 6.42. The van der Waals surface area contributed by atoms with E-state index in [1.807, 2.05) is 13.0 Å². The van der Waals surface area contributed by atoms with E-state index in [9.17, 15) is 14.7 Å². The number of carbonyl (C=O) groups excluding carboxylic acids is 2. The molecule has 33 heavy (non-hydrogen) atoms. The first-order valence-corrected chi connectivity index (χ1v) is 12.2. The number of likely N-dealkylation sites (N-methyl/N-ethyl adjacent to an activating group) is 1. The van der Waals surface area contributed by atoms with Crippen molar-refractivity contribution in [3.8, 4) is 11.5 Å². The first-order chi connectivity index (χ1) is 15.7. The molecule has 0 bridgehead atoms. The van der Waals surface area contributed by atoms with Crippen LogP contribution in [0.1, 0.15) is 50.2 Å². The number of nitrogens with zero attached hydrogens (tertiary/aromatic N) is 2. The zero-order valence-corrected chi connectivity index (χ0v) is 19.8. The van der Waals surface area contributed by atoms with E-state index in [2.05, 4.69) is 11.8 Å². The van der Waals surface area contributed by atoms with Crippen LogP contribution in [0.5, 0.6) is 11.5 Å². The first-order valence-electron chi connectivity index (χ1n) is 12.2. The van der Waals surface area contributed by atoms with Gasteiger partial charge in [0, 0.05) is 44.7 Å². The van der Waals surface area contributed by atoms with Crippen LogP contribution in [0.15, 0.2) is 12.1 Å². The number of ether oxygens (including phenoxy) is 2. The maximum Gasteiger partial charge on any atom is 0.415 e. The van der Waals surface area contributed by atoms with Crippen LogP contribution < -0.4 is 15.2 Å². The van der Waals surface area contributed by atoms with E-state index in [0.29, 0.717) is 31.7 Å². The summed E-state index contributed by atoms with van der Waals surface area (Å²) in [5.74, 6) is 1.44. The highest BCUT2D eigenvalue weighted by Gasteiger charge is 2.70. The molecule has 5 rings (SSSR count). The molecule has 8 nitrogen and oxygen atoms in total. The van der Waals surface area contributed by atoms with Gasteiger partial charge in [-0.2, -0.15) is 0 Å². The SMILES string of the molecule is Cc1ccc(OC(=O)N(C)CCN)c2c1[C@]13CCN(CC4CC4)[C@H](C)[C@]1(O)CCC(=O)[C@@H]3O2. The number of hydrogen-bond donors (Lipinski definition) is 2. The highest BCUT2D eigenvalue weighted by atomic mass is 16.6. The Kier molecular flexibility index (Phi) is 5.46. The molecule has 1 aromatic rings. The molecule has 3 fully saturated rings. The maximum absolute atomic E-state index is 13.2. The number of rotatable bonds is 5. The van der Waals surface area contributed by atoms with Gasteiger partial charge in [-0.25, -0.2) is 4.79 Å². The van der Waals surface area contributed by atoms with Crippen LogP contribution in [-0.2, 0) is 10.2 Å². The molecular formula is C25H35N3O5. The van der Waals surface area contributed by atoms with E-state index in [1.54, 1.807) is 13.1 Å². The fraction of sp³-hybridized carbons (Fsp3) is 0.680. The van der Waals surface area contributed by atoms with Gasteiger partial charge >= 0.3 is 6.09 Å². The number of aryl methyl sites for hydroxylation is 1. The minimum atomic E-state index is -1.10. The van der Waals surface area contributed by atoms with Crippen molar-refractivity contribution in [2.24, 2.45) is 11.7 Å². The van der Waals surface area contributed by atoms with Gasteiger partial charge in [0.1, 0.15) is 0 Å². The highest BCUT2D eigenvalue weighted by molar-refractivity contribution is 5.90. The number of likely N-dealkylation sites (tertiary alicyclic amines) is 1. The number of amides is 1. The summed E-state index contributed by atoms with van der Waals surface area (Å²) >= 11 is 0. The summed E-state index contributed by atoms with van der Waals surface area (Å²) in [6.07, 6.45) is 2.55. The largest absolute Gasteiger partial charge is 0.477 e. The Morgan fingerprint density at radius 3 is 2.82 bits per heavy atom. The minimum absolute atomic E-state index is 0.00986. The van der Waals surface area contributed by atoms with E-state index >= 15 is 0 Å². The number of hydrogen-bond acceptors (Lipinski definition) is 7. The molecule has 0 radical (unpaired) electrons. The third kappa shape index (κ3) is 3.29. The quantitative estimate of drug-likeness (QED) is 0.697. The molecule has 0 unspecified atom stereocenters. The van der Waals surface area contributed by atoms with Crippen LogP contribution in [0.2, 0.25) is 0 Å². The summed E-state index contributed by atoms with van der Waals surface area (Å²) in [6, 6.07) is 3.51. The molecule has 2 aliphatic carbocycles. The molecule has 8 heteroatoms. The summed E-state index contributed by atoms with van der Waals surface area (Å²) in [6.45, 7) is 6.57. The molecule has 2 heterocycles. The van der Waals surface area contributed by atoms with Crippen molar-refractivity contribution in [3.63, 3.8) is 0 Å². The molecule has 180 valence electrons. The van der Waals surface area contributed by atoms with Gasteiger partial charge in [-0.05, 0) is 63.6 Å². The predicted octanol–water partition coefficient (Wildman–Crippen LogP) is 1.98. The van der Waals surface area contributed by atoms with E-state index in [4.69, 9.17) is 15.2 Å². The molecule has 1 saturated heterocycles. The number of piperidine rings is 1. The lowest BCUT2D eigenvalue weighted by atomic mass is 9.52. The van der Waals surface area contributed by atoms with Crippen LogP contribution in [-0.4, -0.2) is 77.8 Å². The van der Waals surface area contributed by atoms with Gasteiger partial charge < -0.3 is 25.2 Å². The Balaban J connectivity index is 1.57. The maximum atomic E-state index is 13.2. The zero-order valence-electron chi connectivity index (χ0n) is 19.8. The molecule has 2 aliphatic heterocycles. The molecule has 1 amide bonds. The molecule has 4 atom stereocenters. The number of fused-ring (bicyclic) bond motifs is 1. The fourth-order valence-corrected chi connectivity index (χ4v) is 6.42. The minimum Gasteiger partial charge on any atom is -0.477 e. The van der Waals surface area contributed by atoms with Gasteiger partial charge in [-0.3, -0.25) is 9.69 Å². The summed E-state index contributed by atoms with van der Waals surface area (Å²) in [5.41, 5.74) is 5.39. The van der Waals surface area contributed by atoms with Gasteiger partial charge in [0.05, 0.1) is 11.0 Å². The van der Waals surface area contributed by atoms with E-state index in [0.717, 1.165) is 30.1 Å². The number of aliphatic hydroxyl groups is 1. The topological polar surface area (TPSA) is 105 Å². The van der Waals surface area contributed by atoms with Gasteiger partial charge in [0.25, 0.3) is 0 Å². The summed E-state index contributed by atoms with van der Waals surface area (Å²) < 4.78 is 12.0. The zero-order chi connectivity index (χ0) is 23.5. The molecule has 3 N–H and O–H groups in total. The predicted molar refractivity (Wildman–Crippen MR) is 123 cm³/mol. The lowest BCUT2D eigenvalue weighted by molar-refractivity contribution is -0.181. The summed E-state index contributed by atoms with van der Waals surface area (Å²) in [7, 11) is 1.63. The Morgan fingerprint density at radius 1 is 1.36 bits per heavy atom. The number of carbonyl (C=O) groups is 2. The molecule has 0 aromatic heterocycles. The third-order valence-electron chi connectivity index (χ3n) is 8.47. The van der Waals surface area contributed by atoms with Crippen molar-refractivity contribution in [1.82, 2.24) is 9.80 Å². The molecule has 2 saturated carbocycles. The van der Waals surface area contributed by atoms with Crippen LogP contribution in [0.3, 0.4) is 0 Å². The molecule has 4 aliphatic rings. The Labute approximate surface area is 195 Å². The van der Waals surface area contributed by atoms with E-state index in [1.165, 1.54) is 17.7 Å². The second kappa shape index (κ2) is 7.96.